The van der Waals surface area contributed by atoms with Crippen LogP contribution in [0.1, 0.15) is 31.8 Å². The molecule has 170 valence electrons. The van der Waals surface area contributed by atoms with Crippen LogP contribution < -0.4 is 10.6 Å². The molecule has 0 aliphatic carbocycles. The maximum atomic E-state index is 13.5. The summed E-state index contributed by atoms with van der Waals surface area (Å²) in [4.78, 5) is 30.4. The summed E-state index contributed by atoms with van der Waals surface area (Å²) >= 11 is 0. The first-order valence-corrected chi connectivity index (χ1v) is 11.3. The summed E-state index contributed by atoms with van der Waals surface area (Å²) in [5.74, 6) is -0.414. The van der Waals surface area contributed by atoms with Crippen LogP contribution in [0.2, 0.25) is 0 Å². The molecule has 0 radical (unpaired) electrons. The third-order valence-electron chi connectivity index (χ3n) is 6.15. The average molecular weight is 460 g/mol. The van der Waals surface area contributed by atoms with Crippen LogP contribution in [0.5, 0.6) is 0 Å². The molecule has 0 unspecified atom stereocenters. The number of benzene rings is 3. The lowest BCUT2D eigenvalue weighted by Gasteiger charge is -2.11. The molecular weight excluding hydrogens is 438 g/mol. The number of anilines is 1. The van der Waals surface area contributed by atoms with Crippen molar-refractivity contribution in [1.29, 1.82) is 0 Å². The lowest BCUT2D eigenvalue weighted by Crippen LogP contribution is -2.14. The van der Waals surface area contributed by atoms with Crippen molar-refractivity contribution in [2.24, 2.45) is 0 Å². The van der Waals surface area contributed by atoms with Crippen LogP contribution in [0.3, 0.4) is 0 Å². The standard InChI is InChI=1S/C28H21N5O2/c34-27-22-13-21(12-11-20(22)15-29-27)31-28(35)23-14-25(19-9-5-2-6-10-19)32-26-24(23)16-30-33(26)17-18-7-3-1-4-8-18/h1-14,16H,15,17H2,(H,29,34)(H,31,35). The van der Waals surface area contributed by atoms with Crippen molar-refractivity contribution in [2.75, 3.05) is 5.32 Å². The van der Waals surface area contributed by atoms with Crippen molar-refractivity contribution < 1.29 is 9.59 Å². The number of pyridine rings is 1. The van der Waals surface area contributed by atoms with Crippen LogP contribution in [0, 0.1) is 0 Å². The summed E-state index contributed by atoms with van der Waals surface area (Å²) in [6, 6.07) is 26.9. The van der Waals surface area contributed by atoms with Gasteiger partial charge in [0.05, 0.1) is 29.4 Å². The van der Waals surface area contributed by atoms with E-state index >= 15 is 0 Å². The minimum absolute atomic E-state index is 0.129. The normalized spacial score (nSPS) is 12.4. The van der Waals surface area contributed by atoms with E-state index in [1.165, 1.54) is 0 Å². The third kappa shape index (κ3) is 3.93. The fourth-order valence-electron chi connectivity index (χ4n) is 4.35. The number of amides is 2. The topological polar surface area (TPSA) is 88.9 Å². The van der Waals surface area contributed by atoms with Gasteiger partial charge in [-0.1, -0.05) is 66.7 Å². The summed E-state index contributed by atoms with van der Waals surface area (Å²) in [6.45, 7) is 1.05. The highest BCUT2D eigenvalue weighted by atomic mass is 16.2. The van der Waals surface area contributed by atoms with Gasteiger partial charge in [0.2, 0.25) is 0 Å². The second-order valence-electron chi connectivity index (χ2n) is 8.45. The summed E-state index contributed by atoms with van der Waals surface area (Å²) < 4.78 is 1.81. The van der Waals surface area contributed by atoms with E-state index in [1.54, 1.807) is 18.3 Å². The Labute approximate surface area is 201 Å². The number of rotatable bonds is 5. The van der Waals surface area contributed by atoms with E-state index in [9.17, 15) is 9.59 Å². The molecule has 35 heavy (non-hydrogen) atoms. The molecule has 0 fully saturated rings. The number of carbonyl (C=O) groups is 2. The largest absolute Gasteiger partial charge is 0.348 e. The van der Waals surface area contributed by atoms with Gasteiger partial charge in [0.25, 0.3) is 11.8 Å². The van der Waals surface area contributed by atoms with Crippen molar-refractivity contribution in [3.05, 3.63) is 113 Å². The van der Waals surface area contributed by atoms with Gasteiger partial charge in [-0.3, -0.25) is 9.59 Å². The lowest BCUT2D eigenvalue weighted by molar-refractivity contribution is 0.0964. The second-order valence-corrected chi connectivity index (χ2v) is 8.45. The Kier molecular flexibility index (Phi) is 5.07. The second kappa shape index (κ2) is 8.53. The van der Waals surface area contributed by atoms with Crippen molar-refractivity contribution in [3.63, 3.8) is 0 Å². The molecule has 1 aliphatic heterocycles. The van der Waals surface area contributed by atoms with E-state index < -0.39 is 0 Å². The Morgan fingerprint density at radius 2 is 1.74 bits per heavy atom. The molecule has 3 aromatic carbocycles. The molecular formula is C28H21N5O2. The fourth-order valence-corrected chi connectivity index (χ4v) is 4.35. The lowest BCUT2D eigenvalue weighted by atomic mass is 10.1. The summed E-state index contributed by atoms with van der Waals surface area (Å²) in [5.41, 5.74) is 5.86. The zero-order valence-corrected chi connectivity index (χ0v) is 18.7. The molecule has 0 atom stereocenters. The maximum Gasteiger partial charge on any atom is 0.256 e. The molecule has 2 aromatic heterocycles. The van der Waals surface area contributed by atoms with Gasteiger partial charge in [0, 0.05) is 23.4 Å². The number of nitrogens with one attached hydrogen (secondary N) is 2. The Bertz CT molecular complexity index is 1580. The summed E-state index contributed by atoms with van der Waals surface area (Å²) in [6.07, 6.45) is 1.69. The van der Waals surface area contributed by atoms with Crippen molar-refractivity contribution in [2.45, 2.75) is 13.1 Å². The van der Waals surface area contributed by atoms with Crippen LogP contribution >= 0.6 is 0 Å². The first kappa shape index (κ1) is 20.8. The highest BCUT2D eigenvalue weighted by Crippen LogP contribution is 2.27. The predicted molar refractivity (Wildman–Crippen MR) is 134 cm³/mol. The van der Waals surface area contributed by atoms with Gasteiger partial charge in [-0.2, -0.15) is 5.10 Å². The Hall–Kier alpha value is -4.78. The van der Waals surface area contributed by atoms with Crippen molar-refractivity contribution >= 4 is 28.5 Å². The van der Waals surface area contributed by atoms with E-state index in [0.29, 0.717) is 46.6 Å². The first-order valence-electron chi connectivity index (χ1n) is 11.3. The number of hydrogen-bond acceptors (Lipinski definition) is 4. The van der Waals surface area contributed by atoms with E-state index in [2.05, 4.69) is 15.7 Å². The van der Waals surface area contributed by atoms with Gasteiger partial charge in [-0.25, -0.2) is 9.67 Å². The minimum atomic E-state index is -0.285. The molecule has 0 saturated carbocycles. The maximum absolute atomic E-state index is 13.5. The highest BCUT2D eigenvalue weighted by molar-refractivity contribution is 6.13. The zero-order valence-electron chi connectivity index (χ0n) is 18.7. The third-order valence-corrected chi connectivity index (χ3v) is 6.15. The number of aromatic nitrogens is 3. The van der Waals surface area contributed by atoms with Gasteiger partial charge in [0.1, 0.15) is 0 Å². The molecule has 2 amide bonds. The predicted octanol–water partition coefficient (Wildman–Crippen LogP) is 4.64. The van der Waals surface area contributed by atoms with Crippen LogP contribution in [0.4, 0.5) is 5.69 Å². The molecule has 7 heteroatoms. The van der Waals surface area contributed by atoms with Crippen LogP contribution in [0.25, 0.3) is 22.3 Å². The van der Waals surface area contributed by atoms with E-state index in [1.807, 2.05) is 77.5 Å². The SMILES string of the molecule is O=C1NCc2ccc(NC(=O)c3cc(-c4ccccc4)nc4c3cnn4Cc3ccccc3)cc21. The quantitative estimate of drug-likeness (QED) is 0.401. The van der Waals surface area contributed by atoms with Crippen LogP contribution in [-0.2, 0) is 13.1 Å². The van der Waals surface area contributed by atoms with Crippen LogP contribution in [0.15, 0.2) is 91.1 Å². The van der Waals surface area contributed by atoms with Gasteiger partial charge in [0.15, 0.2) is 5.65 Å². The minimum Gasteiger partial charge on any atom is -0.348 e. The van der Waals surface area contributed by atoms with Crippen molar-refractivity contribution in [1.82, 2.24) is 20.1 Å². The zero-order chi connectivity index (χ0) is 23.8. The molecule has 2 N–H and O–H groups in total. The van der Waals surface area contributed by atoms with E-state index in [-0.39, 0.29) is 11.8 Å². The smallest absolute Gasteiger partial charge is 0.256 e. The van der Waals surface area contributed by atoms with Gasteiger partial charge in [-0.15, -0.1) is 0 Å². The fraction of sp³-hybridized carbons (Fsp3) is 0.0714. The van der Waals surface area contributed by atoms with E-state index in [4.69, 9.17) is 4.98 Å². The van der Waals surface area contributed by atoms with Gasteiger partial charge in [-0.05, 0) is 29.3 Å². The molecule has 5 aromatic rings. The Morgan fingerprint density at radius 1 is 0.971 bits per heavy atom. The van der Waals surface area contributed by atoms with E-state index in [0.717, 1.165) is 16.7 Å². The number of hydrogen-bond donors (Lipinski definition) is 2. The number of nitrogens with zero attached hydrogens (tertiary/aromatic N) is 3. The molecule has 0 saturated heterocycles. The van der Waals surface area contributed by atoms with Gasteiger partial charge < -0.3 is 10.6 Å². The molecule has 1 aliphatic rings. The number of fused-ring (bicyclic) bond motifs is 2. The molecule has 6 rings (SSSR count). The summed E-state index contributed by atoms with van der Waals surface area (Å²) in [7, 11) is 0. The monoisotopic (exact) mass is 459 g/mol. The van der Waals surface area contributed by atoms with Gasteiger partial charge >= 0.3 is 0 Å². The molecule has 7 nitrogen and oxygen atoms in total. The van der Waals surface area contributed by atoms with Crippen LogP contribution in [-0.4, -0.2) is 26.6 Å². The molecule has 0 spiro atoms. The summed E-state index contributed by atoms with van der Waals surface area (Å²) in [5, 5.41) is 11.0. The Morgan fingerprint density at radius 3 is 2.54 bits per heavy atom. The molecule has 3 heterocycles. The highest BCUT2D eigenvalue weighted by Gasteiger charge is 2.21. The first-order chi connectivity index (χ1) is 17.2. The Balaban J connectivity index is 1.42. The number of carbonyl (C=O) groups excluding carboxylic acids is 2. The average Bonchev–Trinajstić information content (AvgIpc) is 3.47. The van der Waals surface area contributed by atoms with Crippen molar-refractivity contribution in [3.8, 4) is 11.3 Å². The molecule has 0 bridgehead atoms.